The Morgan fingerprint density at radius 3 is 1.36 bits per heavy atom. The van der Waals surface area contributed by atoms with Crippen LogP contribution in [0.2, 0.25) is 0 Å². The van der Waals surface area contributed by atoms with Crippen molar-refractivity contribution in [3.8, 4) is 0 Å². The summed E-state index contributed by atoms with van der Waals surface area (Å²) in [5, 5.41) is 0. The van der Waals surface area contributed by atoms with Crippen LogP contribution in [0, 0.1) is 11.8 Å². The molecule has 0 spiro atoms. The fourth-order valence-corrected chi connectivity index (χ4v) is 1.73. The van der Waals surface area contributed by atoms with E-state index in [4.69, 9.17) is 19.6 Å². The highest BCUT2D eigenvalue weighted by atomic mass is 17.3. The van der Waals surface area contributed by atoms with E-state index in [9.17, 15) is 0 Å². The van der Waals surface area contributed by atoms with Gasteiger partial charge in [0.1, 0.15) is 11.2 Å². The maximum atomic E-state index is 5.79. The van der Waals surface area contributed by atoms with E-state index in [0.29, 0.717) is 11.8 Å². The van der Waals surface area contributed by atoms with Gasteiger partial charge in [-0.15, -0.1) is 0 Å². The summed E-state index contributed by atoms with van der Waals surface area (Å²) in [4.78, 5) is 23.1. The summed E-state index contributed by atoms with van der Waals surface area (Å²) < 4.78 is 0. The monoisotopic (exact) mass is 360 g/mol. The summed E-state index contributed by atoms with van der Waals surface area (Å²) >= 11 is 0. The second-order valence-electron chi connectivity index (χ2n) is 9.15. The SMILES string of the molecule is CCCCCCCC(C)(OOC(C)(C)C(C)C)OOC(C)(C)C(C)C. The molecule has 0 heterocycles. The molecule has 0 aliphatic rings. The van der Waals surface area contributed by atoms with Gasteiger partial charge in [0, 0.05) is 6.42 Å². The molecule has 4 heteroatoms. The summed E-state index contributed by atoms with van der Waals surface area (Å²) in [7, 11) is 0. The predicted octanol–water partition coefficient (Wildman–Crippen LogP) is 6.83. The van der Waals surface area contributed by atoms with Crippen molar-refractivity contribution in [3.63, 3.8) is 0 Å². The quantitative estimate of drug-likeness (QED) is 0.147. The average molecular weight is 361 g/mol. The van der Waals surface area contributed by atoms with Crippen molar-refractivity contribution in [2.24, 2.45) is 11.8 Å². The van der Waals surface area contributed by atoms with Gasteiger partial charge in [0.05, 0.1) is 0 Å². The summed E-state index contributed by atoms with van der Waals surface area (Å²) in [6.45, 7) is 20.7. The molecule has 0 aliphatic carbocycles. The molecule has 0 rings (SSSR count). The molecule has 0 N–H and O–H groups in total. The van der Waals surface area contributed by atoms with Crippen molar-refractivity contribution in [2.75, 3.05) is 0 Å². The number of rotatable bonds is 14. The zero-order valence-electron chi connectivity index (χ0n) is 18.5. The third kappa shape index (κ3) is 9.93. The van der Waals surface area contributed by atoms with Crippen LogP contribution in [0.15, 0.2) is 0 Å². The van der Waals surface area contributed by atoms with Crippen LogP contribution < -0.4 is 0 Å². The van der Waals surface area contributed by atoms with E-state index >= 15 is 0 Å². The molecule has 25 heavy (non-hydrogen) atoms. The maximum Gasteiger partial charge on any atom is 0.231 e. The topological polar surface area (TPSA) is 36.9 Å². The van der Waals surface area contributed by atoms with Crippen LogP contribution in [0.3, 0.4) is 0 Å². The Kier molecular flexibility index (Phi) is 10.8. The van der Waals surface area contributed by atoms with Crippen molar-refractivity contribution in [1.29, 1.82) is 0 Å². The molecular formula is C21H44O4. The lowest BCUT2D eigenvalue weighted by Crippen LogP contribution is -2.42. The van der Waals surface area contributed by atoms with Crippen LogP contribution in [0.5, 0.6) is 0 Å². The molecule has 0 fully saturated rings. The van der Waals surface area contributed by atoms with Gasteiger partial charge < -0.3 is 0 Å². The minimum absolute atomic E-state index is 0.328. The van der Waals surface area contributed by atoms with Gasteiger partial charge in [-0.1, -0.05) is 60.3 Å². The average Bonchev–Trinajstić information content (AvgIpc) is 2.51. The summed E-state index contributed by atoms with van der Waals surface area (Å²) in [5.74, 6) is -0.256. The summed E-state index contributed by atoms with van der Waals surface area (Å²) in [6, 6.07) is 0. The summed E-state index contributed by atoms with van der Waals surface area (Å²) in [6.07, 6.45) is 6.67. The van der Waals surface area contributed by atoms with E-state index in [1.807, 2.05) is 34.6 Å². The highest BCUT2D eigenvalue weighted by Gasteiger charge is 2.36. The van der Waals surface area contributed by atoms with Gasteiger partial charge in [0.25, 0.3) is 0 Å². The van der Waals surface area contributed by atoms with E-state index in [-0.39, 0.29) is 11.2 Å². The zero-order chi connectivity index (χ0) is 19.7. The molecule has 0 saturated carbocycles. The molecule has 4 nitrogen and oxygen atoms in total. The van der Waals surface area contributed by atoms with Crippen molar-refractivity contribution < 1.29 is 19.6 Å². The fraction of sp³-hybridized carbons (Fsp3) is 1.00. The van der Waals surface area contributed by atoms with Crippen LogP contribution in [0.25, 0.3) is 0 Å². The van der Waals surface area contributed by atoms with E-state index < -0.39 is 5.79 Å². The Morgan fingerprint density at radius 2 is 1.00 bits per heavy atom. The van der Waals surface area contributed by atoms with Crippen LogP contribution in [-0.2, 0) is 19.6 Å². The Morgan fingerprint density at radius 1 is 0.600 bits per heavy atom. The highest BCUT2D eigenvalue weighted by molar-refractivity contribution is 4.72. The van der Waals surface area contributed by atoms with Crippen molar-refractivity contribution >= 4 is 0 Å². The molecule has 0 aromatic carbocycles. The van der Waals surface area contributed by atoms with Crippen LogP contribution in [-0.4, -0.2) is 17.0 Å². The molecular weight excluding hydrogens is 316 g/mol. The molecule has 0 aromatic heterocycles. The van der Waals surface area contributed by atoms with Gasteiger partial charge in [0.15, 0.2) is 0 Å². The second kappa shape index (κ2) is 10.9. The fourth-order valence-electron chi connectivity index (χ4n) is 1.73. The smallest absolute Gasteiger partial charge is 0.227 e. The van der Waals surface area contributed by atoms with Crippen LogP contribution >= 0.6 is 0 Å². The normalized spacial score (nSPS) is 13.9. The molecule has 0 radical (unpaired) electrons. The second-order valence-corrected chi connectivity index (χ2v) is 9.15. The number of hydrogen-bond acceptors (Lipinski definition) is 4. The largest absolute Gasteiger partial charge is 0.231 e. The molecule has 0 bridgehead atoms. The molecule has 0 saturated heterocycles. The zero-order valence-corrected chi connectivity index (χ0v) is 18.5. The Bertz CT molecular complexity index is 324. The van der Waals surface area contributed by atoms with Gasteiger partial charge in [0.2, 0.25) is 5.79 Å². The van der Waals surface area contributed by atoms with Gasteiger partial charge in [-0.3, -0.25) is 0 Å². The van der Waals surface area contributed by atoms with E-state index in [2.05, 4.69) is 34.6 Å². The first-order valence-corrected chi connectivity index (χ1v) is 10.1. The molecule has 0 unspecified atom stereocenters. The Hall–Kier alpha value is -0.160. The van der Waals surface area contributed by atoms with Gasteiger partial charge >= 0.3 is 0 Å². The van der Waals surface area contributed by atoms with Crippen LogP contribution in [0.1, 0.15) is 108 Å². The predicted molar refractivity (Wildman–Crippen MR) is 104 cm³/mol. The first kappa shape index (κ1) is 24.8. The maximum absolute atomic E-state index is 5.79. The van der Waals surface area contributed by atoms with Crippen LogP contribution in [0.4, 0.5) is 0 Å². The van der Waals surface area contributed by atoms with Gasteiger partial charge in [-0.05, 0) is 52.9 Å². The Labute approximate surface area is 156 Å². The van der Waals surface area contributed by atoms with E-state index in [0.717, 1.165) is 19.3 Å². The van der Waals surface area contributed by atoms with Gasteiger partial charge in [-0.2, -0.15) is 9.78 Å². The first-order valence-electron chi connectivity index (χ1n) is 10.1. The lowest BCUT2D eigenvalue weighted by Gasteiger charge is -2.37. The van der Waals surface area contributed by atoms with Crippen molar-refractivity contribution in [1.82, 2.24) is 0 Å². The lowest BCUT2D eigenvalue weighted by molar-refractivity contribution is -0.544. The third-order valence-corrected chi connectivity index (χ3v) is 5.38. The van der Waals surface area contributed by atoms with Gasteiger partial charge in [-0.25, -0.2) is 9.78 Å². The van der Waals surface area contributed by atoms with Crippen molar-refractivity contribution in [2.45, 2.75) is 125 Å². The molecule has 0 atom stereocenters. The molecule has 0 aromatic rings. The molecule has 0 amide bonds. The standard InChI is InChI=1S/C21H44O4/c1-11-12-13-14-15-16-21(10,24-22-19(6,7)17(2)3)25-23-20(8,9)18(4)5/h17-18H,11-16H2,1-10H3. The number of hydrogen-bond donors (Lipinski definition) is 0. The van der Waals surface area contributed by atoms with E-state index in [1.54, 1.807) is 0 Å². The minimum Gasteiger partial charge on any atom is -0.227 e. The first-order chi connectivity index (χ1) is 11.4. The molecule has 152 valence electrons. The Balaban J connectivity index is 4.79. The van der Waals surface area contributed by atoms with E-state index in [1.165, 1.54) is 19.3 Å². The lowest BCUT2D eigenvalue weighted by atomic mass is 9.95. The number of unbranched alkanes of at least 4 members (excludes halogenated alkanes) is 4. The summed E-state index contributed by atoms with van der Waals surface area (Å²) in [5.41, 5.74) is -0.777. The highest BCUT2D eigenvalue weighted by Crippen LogP contribution is 2.31. The molecule has 0 aliphatic heterocycles. The van der Waals surface area contributed by atoms with Crippen molar-refractivity contribution in [3.05, 3.63) is 0 Å². The third-order valence-electron chi connectivity index (χ3n) is 5.38. The minimum atomic E-state index is -0.912.